The van der Waals surface area contributed by atoms with Crippen molar-refractivity contribution in [3.05, 3.63) is 71.2 Å². The third-order valence-corrected chi connectivity index (χ3v) is 6.00. The van der Waals surface area contributed by atoms with Gasteiger partial charge in [0.25, 0.3) is 0 Å². The maximum absolute atomic E-state index is 12.7. The number of carbonyl (C=O) groups excluding carboxylic acids is 2. The molecule has 0 aliphatic carbocycles. The molecule has 2 heterocycles. The number of para-hydroxylation sites is 2. The first kappa shape index (κ1) is 20.9. The molecule has 0 unspecified atom stereocenters. The highest BCUT2D eigenvalue weighted by molar-refractivity contribution is 7.13. The summed E-state index contributed by atoms with van der Waals surface area (Å²) in [6.45, 7) is 2.53. The largest absolute Gasteiger partial charge is 0.506 e. The molecular weight excluding hydrogens is 412 g/mol. The first-order valence-corrected chi connectivity index (χ1v) is 11.1. The molecule has 2 amide bonds. The molecule has 160 valence electrons. The van der Waals surface area contributed by atoms with Gasteiger partial charge in [0.2, 0.25) is 11.8 Å². The molecule has 31 heavy (non-hydrogen) atoms. The number of piperazine rings is 1. The Hall–Kier alpha value is -3.39. The Bertz CT molecular complexity index is 1050. The molecule has 7 nitrogen and oxygen atoms in total. The third kappa shape index (κ3) is 5.40. The van der Waals surface area contributed by atoms with Crippen LogP contribution in [0.25, 0.3) is 0 Å². The van der Waals surface area contributed by atoms with E-state index in [0.717, 1.165) is 11.3 Å². The SMILES string of the molecule is O=C(Cc1ccccc1)Nc1nc(CC(=O)N2CCN(c3ccccc3O)CC2)cs1. The van der Waals surface area contributed by atoms with Gasteiger partial charge in [0.1, 0.15) is 5.75 Å². The number of benzene rings is 2. The van der Waals surface area contributed by atoms with Crippen LogP contribution in [0.4, 0.5) is 10.8 Å². The summed E-state index contributed by atoms with van der Waals surface area (Å²) in [5, 5.41) is 15.1. The van der Waals surface area contributed by atoms with Gasteiger partial charge in [0.05, 0.1) is 24.2 Å². The molecule has 0 bridgehead atoms. The van der Waals surface area contributed by atoms with Crippen LogP contribution < -0.4 is 10.2 Å². The van der Waals surface area contributed by atoms with Crippen molar-refractivity contribution in [1.82, 2.24) is 9.88 Å². The van der Waals surface area contributed by atoms with Crippen LogP contribution in [0.2, 0.25) is 0 Å². The van der Waals surface area contributed by atoms with Crippen LogP contribution >= 0.6 is 11.3 Å². The molecule has 1 aromatic heterocycles. The summed E-state index contributed by atoms with van der Waals surface area (Å²) in [4.78, 5) is 33.2. The van der Waals surface area contributed by atoms with Gasteiger partial charge in [-0.05, 0) is 17.7 Å². The highest BCUT2D eigenvalue weighted by Gasteiger charge is 2.23. The maximum Gasteiger partial charge on any atom is 0.230 e. The molecule has 1 fully saturated rings. The monoisotopic (exact) mass is 436 g/mol. The van der Waals surface area contributed by atoms with Crippen molar-refractivity contribution < 1.29 is 14.7 Å². The Morgan fingerprint density at radius 2 is 1.68 bits per heavy atom. The van der Waals surface area contributed by atoms with Gasteiger partial charge in [0.15, 0.2) is 5.13 Å². The number of carbonyl (C=O) groups is 2. The molecule has 3 aromatic rings. The van der Waals surface area contributed by atoms with Crippen LogP contribution in [0.1, 0.15) is 11.3 Å². The Labute approximate surface area is 185 Å². The van der Waals surface area contributed by atoms with Crippen LogP contribution in [-0.2, 0) is 22.4 Å². The minimum atomic E-state index is -0.126. The number of thiazole rings is 1. The smallest absolute Gasteiger partial charge is 0.230 e. The van der Waals surface area contributed by atoms with E-state index < -0.39 is 0 Å². The molecule has 1 aliphatic heterocycles. The van der Waals surface area contributed by atoms with E-state index >= 15 is 0 Å². The van der Waals surface area contributed by atoms with Crippen molar-refractivity contribution in [1.29, 1.82) is 0 Å². The van der Waals surface area contributed by atoms with Crippen LogP contribution in [0.15, 0.2) is 60.0 Å². The second-order valence-electron chi connectivity index (χ2n) is 7.39. The normalized spacial score (nSPS) is 13.8. The van der Waals surface area contributed by atoms with E-state index in [9.17, 15) is 14.7 Å². The second kappa shape index (κ2) is 9.61. The van der Waals surface area contributed by atoms with Crippen LogP contribution in [-0.4, -0.2) is 53.0 Å². The van der Waals surface area contributed by atoms with Gasteiger partial charge in [-0.1, -0.05) is 42.5 Å². The summed E-state index contributed by atoms with van der Waals surface area (Å²) in [6, 6.07) is 16.8. The van der Waals surface area contributed by atoms with Gasteiger partial charge in [-0.3, -0.25) is 9.59 Å². The van der Waals surface area contributed by atoms with Crippen molar-refractivity contribution in [3.8, 4) is 5.75 Å². The third-order valence-electron chi connectivity index (χ3n) is 5.19. The molecule has 2 aromatic carbocycles. The number of nitrogens with one attached hydrogen (secondary N) is 1. The lowest BCUT2D eigenvalue weighted by Gasteiger charge is -2.36. The molecule has 0 spiro atoms. The van der Waals surface area contributed by atoms with Gasteiger partial charge in [-0.25, -0.2) is 4.98 Å². The highest BCUT2D eigenvalue weighted by atomic mass is 32.1. The van der Waals surface area contributed by atoms with Crippen molar-refractivity contribution in [2.24, 2.45) is 0 Å². The summed E-state index contributed by atoms with van der Waals surface area (Å²) < 4.78 is 0. The Kier molecular flexibility index (Phi) is 6.47. The van der Waals surface area contributed by atoms with E-state index in [1.807, 2.05) is 52.7 Å². The molecule has 2 N–H and O–H groups in total. The van der Waals surface area contributed by atoms with E-state index in [-0.39, 0.29) is 30.4 Å². The number of amides is 2. The molecular formula is C23H24N4O3S. The molecule has 4 rings (SSSR count). The van der Waals surface area contributed by atoms with Gasteiger partial charge >= 0.3 is 0 Å². The lowest BCUT2D eigenvalue weighted by molar-refractivity contribution is -0.130. The van der Waals surface area contributed by atoms with E-state index in [4.69, 9.17) is 0 Å². The fraction of sp³-hybridized carbons (Fsp3) is 0.261. The van der Waals surface area contributed by atoms with Crippen molar-refractivity contribution in [2.75, 3.05) is 36.4 Å². The zero-order valence-corrected chi connectivity index (χ0v) is 17.8. The van der Waals surface area contributed by atoms with E-state index in [1.54, 1.807) is 12.1 Å². The number of anilines is 2. The molecule has 1 saturated heterocycles. The zero-order valence-electron chi connectivity index (χ0n) is 17.0. The van der Waals surface area contributed by atoms with Crippen LogP contribution in [0.5, 0.6) is 5.75 Å². The van der Waals surface area contributed by atoms with E-state index in [2.05, 4.69) is 15.2 Å². The average Bonchev–Trinajstić information content (AvgIpc) is 3.21. The molecule has 0 radical (unpaired) electrons. The number of phenolic OH excluding ortho intramolecular Hbond substituents is 1. The number of nitrogens with zero attached hydrogens (tertiary/aromatic N) is 3. The van der Waals surface area contributed by atoms with Crippen molar-refractivity contribution in [2.45, 2.75) is 12.8 Å². The number of rotatable bonds is 6. The summed E-state index contributed by atoms with van der Waals surface area (Å²) in [7, 11) is 0. The Morgan fingerprint density at radius 3 is 2.42 bits per heavy atom. The van der Waals surface area contributed by atoms with Gasteiger partial charge < -0.3 is 20.2 Å². The lowest BCUT2D eigenvalue weighted by Crippen LogP contribution is -2.49. The predicted octanol–water partition coefficient (Wildman–Crippen LogP) is 2.92. The summed E-state index contributed by atoms with van der Waals surface area (Å²) in [5.41, 5.74) is 2.40. The van der Waals surface area contributed by atoms with Gasteiger partial charge in [-0.2, -0.15) is 0 Å². The van der Waals surface area contributed by atoms with E-state index in [1.165, 1.54) is 11.3 Å². The average molecular weight is 437 g/mol. The number of phenols is 1. The maximum atomic E-state index is 12.7. The zero-order chi connectivity index (χ0) is 21.6. The molecule has 0 saturated carbocycles. The molecule has 1 aliphatic rings. The minimum absolute atomic E-state index is 0.0180. The number of hydrogen-bond donors (Lipinski definition) is 2. The van der Waals surface area contributed by atoms with Crippen LogP contribution in [0.3, 0.4) is 0 Å². The summed E-state index contributed by atoms with van der Waals surface area (Å²) in [5.74, 6) is 0.148. The van der Waals surface area contributed by atoms with Gasteiger partial charge in [-0.15, -0.1) is 11.3 Å². The Morgan fingerprint density at radius 1 is 0.968 bits per heavy atom. The standard InChI is InChI=1S/C23H24N4O3S/c28-20-9-5-4-8-19(20)26-10-12-27(13-11-26)22(30)15-18-16-31-23(24-18)25-21(29)14-17-6-2-1-3-7-17/h1-9,16,28H,10-15H2,(H,24,25,29). The number of hydrogen-bond acceptors (Lipinski definition) is 6. The first-order chi connectivity index (χ1) is 15.1. The van der Waals surface area contributed by atoms with Crippen LogP contribution in [0, 0.1) is 0 Å². The van der Waals surface area contributed by atoms with Gasteiger partial charge in [0, 0.05) is 31.6 Å². The topological polar surface area (TPSA) is 85.8 Å². The summed E-state index contributed by atoms with van der Waals surface area (Å²) >= 11 is 1.33. The quantitative estimate of drug-likeness (QED) is 0.621. The Balaban J connectivity index is 1.26. The lowest BCUT2D eigenvalue weighted by atomic mass is 10.1. The predicted molar refractivity (Wildman–Crippen MR) is 121 cm³/mol. The number of aromatic hydroxyl groups is 1. The fourth-order valence-corrected chi connectivity index (χ4v) is 4.31. The van der Waals surface area contributed by atoms with Crippen molar-refractivity contribution >= 4 is 34.0 Å². The fourth-order valence-electron chi connectivity index (χ4n) is 3.59. The highest BCUT2D eigenvalue weighted by Crippen LogP contribution is 2.27. The van der Waals surface area contributed by atoms with Crippen molar-refractivity contribution in [3.63, 3.8) is 0 Å². The first-order valence-electron chi connectivity index (χ1n) is 10.2. The van der Waals surface area contributed by atoms with E-state index in [0.29, 0.717) is 37.0 Å². The molecule has 8 heteroatoms. The molecule has 0 atom stereocenters. The minimum Gasteiger partial charge on any atom is -0.506 e. The second-order valence-corrected chi connectivity index (χ2v) is 8.25. The number of aromatic nitrogens is 1. The summed E-state index contributed by atoms with van der Waals surface area (Å²) in [6.07, 6.45) is 0.498.